The molecule has 112 heavy (non-hydrogen) atoms. The number of benzene rings is 3. The van der Waals surface area contributed by atoms with E-state index in [1.807, 2.05) is 49.4 Å². The molecule has 8 N–H and O–H groups in total. The molecule has 10 amide bonds. The number of likely N-dealkylation sites (tertiary alicyclic amines) is 2. The average Bonchev–Trinajstić information content (AvgIpc) is 1.24. The number of nitrogens with one attached hydrogen (secondary N) is 8. The molecule has 2 aliphatic heterocycles. The fourth-order valence-corrected chi connectivity index (χ4v) is 16.1. The first kappa shape index (κ1) is 82.7. The predicted octanol–water partition coefficient (Wildman–Crippen LogP) is 7.30. The van der Waals surface area contributed by atoms with E-state index >= 15 is 24.0 Å². The van der Waals surface area contributed by atoms with Gasteiger partial charge in [-0.1, -0.05) is 166 Å². The van der Waals surface area contributed by atoms with Gasteiger partial charge in [-0.3, -0.25) is 67.5 Å². The Balaban J connectivity index is 0.942. The molecule has 10 atom stereocenters. The van der Waals surface area contributed by atoms with Crippen molar-refractivity contribution in [1.29, 1.82) is 0 Å². The number of hydrogen-bond acceptors (Lipinski definition) is 18. The first-order chi connectivity index (χ1) is 53.7. The highest BCUT2D eigenvalue weighted by atomic mass is 35.5. The quantitative estimate of drug-likeness (QED) is 0.0191. The van der Waals surface area contributed by atoms with Gasteiger partial charge in [0.15, 0.2) is 0 Å². The fraction of sp³-hybridized carbons (Fsp3) is 0.542. The number of ether oxygens (including phenoxy) is 2. The summed E-state index contributed by atoms with van der Waals surface area (Å²) in [6, 6.07) is 10.8. The van der Waals surface area contributed by atoms with Crippen LogP contribution in [0, 0.1) is 17.3 Å². The maximum Gasteiger partial charge on any atom is 0.289 e. The number of hydrogen-bond donors (Lipinski definition) is 8. The van der Waals surface area contributed by atoms with Gasteiger partial charge in [0.1, 0.15) is 71.3 Å². The summed E-state index contributed by atoms with van der Waals surface area (Å²) >= 11 is 7.70. The van der Waals surface area contributed by atoms with Crippen LogP contribution in [0.2, 0.25) is 5.02 Å². The van der Waals surface area contributed by atoms with Gasteiger partial charge in [0, 0.05) is 55.1 Å². The second-order valence-electron chi connectivity index (χ2n) is 32.2. The molecule has 6 aliphatic rings. The summed E-state index contributed by atoms with van der Waals surface area (Å²) in [6.07, 6.45) is 16.9. The molecule has 0 radical (unpaired) electrons. The van der Waals surface area contributed by atoms with E-state index in [0.717, 1.165) is 49.7 Å². The summed E-state index contributed by atoms with van der Waals surface area (Å²) in [5.74, 6) is -9.44. The Kier molecular flexibility index (Phi) is 27.6. The number of Topliss-reactive ketones (excluding diaryl/α,β-unsaturated/α-hetero) is 2. The second-order valence-corrected chi connectivity index (χ2v) is 32.6. The minimum atomic E-state index is -1.66. The Hall–Kier alpha value is -10.2. The molecule has 29 heteroatoms. The molecule has 2 saturated heterocycles. The van der Waals surface area contributed by atoms with E-state index in [0.29, 0.717) is 70.0 Å². The number of amides is 10. The molecule has 6 fully saturated rings. The fourth-order valence-electron chi connectivity index (χ4n) is 15.7. The number of carbonyl (C=O) groups is 12. The van der Waals surface area contributed by atoms with E-state index in [-0.39, 0.29) is 84.5 Å². The monoisotopic (exact) mass is 1560 g/mol. The predicted molar refractivity (Wildman–Crippen MR) is 414 cm³/mol. The molecule has 28 nitrogen and oxygen atoms in total. The van der Waals surface area contributed by atoms with Gasteiger partial charge >= 0.3 is 0 Å². The number of carbonyl (C=O) groups excluding carboxylic acids is 12. The van der Waals surface area contributed by atoms with Crippen LogP contribution in [0.15, 0.2) is 110 Å². The van der Waals surface area contributed by atoms with Gasteiger partial charge < -0.3 is 61.8 Å². The molecule has 11 rings (SSSR count). The first-order valence-electron chi connectivity index (χ1n) is 39.6. The van der Waals surface area contributed by atoms with Crippen molar-refractivity contribution in [2.75, 3.05) is 13.1 Å². The van der Waals surface area contributed by atoms with Crippen LogP contribution in [0.1, 0.15) is 203 Å². The molecule has 0 spiro atoms. The Morgan fingerprint density at radius 1 is 0.500 bits per heavy atom. The van der Waals surface area contributed by atoms with Crippen molar-refractivity contribution in [2.45, 2.75) is 255 Å². The van der Waals surface area contributed by atoms with Crippen molar-refractivity contribution in [3.63, 3.8) is 0 Å². The van der Waals surface area contributed by atoms with Crippen LogP contribution in [0.3, 0.4) is 0 Å². The summed E-state index contributed by atoms with van der Waals surface area (Å²) < 4.78 is 13.5. The number of nitrogens with zero attached hydrogens (tertiary/aromatic N) is 6. The van der Waals surface area contributed by atoms with Gasteiger partial charge in [-0.05, 0) is 116 Å². The van der Waals surface area contributed by atoms with E-state index in [1.165, 1.54) is 47.0 Å². The van der Waals surface area contributed by atoms with Gasteiger partial charge in [-0.15, -0.1) is 0 Å². The molecule has 5 aromatic rings. The van der Waals surface area contributed by atoms with E-state index < -0.39 is 148 Å². The zero-order chi connectivity index (χ0) is 80.0. The summed E-state index contributed by atoms with van der Waals surface area (Å²) in [5.41, 5.74) is -0.663. The van der Waals surface area contributed by atoms with Gasteiger partial charge in [-0.25, -0.2) is 9.97 Å². The SMILES string of the molecule is CCC[C@H](NC(=O)[C@@H]1C[C@@H](Oc2cccc(C(C)(C)[C@H](NC(=O)[C@@H](NC(=O)c3cnccn3)C3CCCCC3)C(=O)N3C[C@H](Oc4ccc(-c5ccccc5)cc4)C[C@H]3C(=O)N[C@@H](CCC)C(=O)C(=O)NC3CC3)c2Cl)CN1C(=O)[C@@H](NC(=O)[C@@H](NC(=O)c1cnccn1)C1CCCCC1)C(C)(C)C)C(=O)C(=O)NC1CC1. The van der Waals surface area contributed by atoms with Crippen LogP contribution < -0.4 is 52.0 Å². The van der Waals surface area contributed by atoms with Gasteiger partial charge in [-0.2, -0.15) is 0 Å². The van der Waals surface area contributed by atoms with E-state index in [2.05, 4.69) is 62.5 Å². The maximum atomic E-state index is 16.6. The first-order valence-corrected chi connectivity index (χ1v) is 40.0. The molecular weight excluding hydrogens is 1450 g/mol. The van der Waals surface area contributed by atoms with Crippen LogP contribution in [-0.2, 0) is 53.4 Å². The molecule has 4 heterocycles. The minimum Gasteiger partial charge on any atom is -0.488 e. The third-order valence-corrected chi connectivity index (χ3v) is 22.6. The molecule has 0 bridgehead atoms. The van der Waals surface area contributed by atoms with Crippen molar-refractivity contribution in [1.82, 2.24) is 72.3 Å². The van der Waals surface area contributed by atoms with E-state index in [9.17, 15) is 33.6 Å². The lowest BCUT2D eigenvalue weighted by Gasteiger charge is -2.40. The van der Waals surface area contributed by atoms with Crippen molar-refractivity contribution in [2.24, 2.45) is 17.3 Å². The lowest BCUT2D eigenvalue weighted by Crippen LogP contribution is -2.63. The van der Waals surface area contributed by atoms with Crippen molar-refractivity contribution in [3.8, 4) is 22.6 Å². The normalized spacial score (nSPS) is 20.4. The molecular formula is C83H105ClN14O14. The van der Waals surface area contributed by atoms with Crippen LogP contribution in [-0.4, -0.2) is 186 Å². The third-order valence-electron chi connectivity index (χ3n) is 22.2. The van der Waals surface area contributed by atoms with E-state index in [4.69, 9.17) is 21.1 Å². The summed E-state index contributed by atoms with van der Waals surface area (Å²) in [4.78, 5) is 195. The van der Waals surface area contributed by atoms with E-state index in [1.54, 1.807) is 71.9 Å². The molecule has 598 valence electrons. The molecule has 3 aromatic carbocycles. The summed E-state index contributed by atoms with van der Waals surface area (Å²) in [7, 11) is 0. The highest BCUT2D eigenvalue weighted by Gasteiger charge is 2.52. The Morgan fingerprint density at radius 2 is 0.946 bits per heavy atom. The van der Waals surface area contributed by atoms with Gasteiger partial charge in [0.25, 0.3) is 23.6 Å². The van der Waals surface area contributed by atoms with Gasteiger partial charge in [0.2, 0.25) is 47.0 Å². The molecule has 0 unspecified atom stereocenters. The highest BCUT2D eigenvalue weighted by Crippen LogP contribution is 2.42. The van der Waals surface area contributed by atoms with Crippen molar-refractivity contribution in [3.05, 3.63) is 132 Å². The lowest BCUT2D eigenvalue weighted by molar-refractivity contribution is -0.145. The topological polar surface area (TPSA) is 378 Å². The summed E-state index contributed by atoms with van der Waals surface area (Å²) in [5, 5.41) is 22.9. The molecule has 2 aromatic heterocycles. The average molecular weight is 1560 g/mol. The maximum absolute atomic E-state index is 16.6. The number of halogens is 1. The Labute approximate surface area is 658 Å². The Morgan fingerprint density at radius 3 is 1.38 bits per heavy atom. The third kappa shape index (κ3) is 20.9. The zero-order valence-corrected chi connectivity index (χ0v) is 65.6. The minimum absolute atomic E-state index is 0.00713. The smallest absolute Gasteiger partial charge is 0.289 e. The van der Waals surface area contributed by atoms with Crippen LogP contribution >= 0.6 is 11.6 Å². The Bertz CT molecular complexity index is 4210. The standard InChI is InChI=1S/C83H105ClN14O14/c1-8-20-58(68(99)78(107)89-52-32-33-52)91-74(103)62-42-55(111-54-36-30-49(31-37-54)48-22-13-10-14-23-48)46-98(62)81(110)71(96-77(106)67(51-26-17-12-18-27-51)94-73(102)61-45-86-39-41-88-61)83(6,7)57-28-19-29-64(65(57)84)112-56-43-63(75(104)92-59(21-9-2)69(100)79(108)90-53-34-35-53)97(47-56)80(109)70(82(3,4)5)95-76(105)66(50-24-15-11-16-25-50)93-72(101)60-44-85-38-40-87-60/h10,13-14,19,22-23,28-31,36-41,44-45,50-53,55-56,58-59,62-63,66-67,70-71H,8-9,11-12,15-18,20-21,24-27,32-35,42-43,46-47H2,1-7H3,(H,89,107)(H,90,108)(H,91,103)(H,92,104)(H,93,101)(H,94,102)(H,95,105)(H,96,106)/t55-,56-,58+,59+,62+,63+,66+,67+,70-,71-/m1/s1. The molecule has 4 saturated carbocycles. The second kappa shape index (κ2) is 37.4. The highest BCUT2D eigenvalue weighted by molar-refractivity contribution is 6.39. The van der Waals surface area contributed by atoms with Crippen LogP contribution in [0.25, 0.3) is 11.1 Å². The zero-order valence-electron chi connectivity index (χ0n) is 64.8. The largest absolute Gasteiger partial charge is 0.488 e. The van der Waals surface area contributed by atoms with Crippen molar-refractivity contribution >= 4 is 82.2 Å². The molecule has 4 aliphatic carbocycles. The number of rotatable bonds is 33. The van der Waals surface area contributed by atoms with Crippen LogP contribution in [0.5, 0.6) is 11.5 Å². The number of aromatic nitrogens is 4. The summed E-state index contributed by atoms with van der Waals surface area (Å²) in [6.45, 7) is 11.7. The number of ketones is 2. The van der Waals surface area contributed by atoms with Gasteiger partial charge in [0.05, 0.1) is 42.6 Å². The van der Waals surface area contributed by atoms with Crippen molar-refractivity contribution < 1.29 is 67.0 Å². The van der Waals surface area contributed by atoms with Crippen LogP contribution in [0.4, 0.5) is 0 Å². The lowest BCUT2D eigenvalue weighted by atomic mass is 9.76.